The van der Waals surface area contributed by atoms with E-state index in [1.54, 1.807) is 43.3 Å². The highest BCUT2D eigenvalue weighted by Gasteiger charge is 2.15. The molecular weight excluding hydrogens is 314 g/mol. The van der Waals surface area contributed by atoms with Crippen molar-refractivity contribution in [3.63, 3.8) is 0 Å². The Morgan fingerprint density at radius 1 is 1.00 bits per heavy atom. The lowest BCUT2D eigenvalue weighted by Crippen LogP contribution is -2.30. The summed E-state index contributed by atoms with van der Waals surface area (Å²) < 4.78 is 11.2. The predicted octanol–water partition coefficient (Wildman–Crippen LogP) is 4.53. The fourth-order valence-corrected chi connectivity index (χ4v) is 2.14. The van der Waals surface area contributed by atoms with E-state index in [1.165, 1.54) is 0 Å². The van der Waals surface area contributed by atoms with Crippen molar-refractivity contribution in [1.29, 1.82) is 0 Å². The summed E-state index contributed by atoms with van der Waals surface area (Å²) in [6.07, 6.45) is -0.575. The van der Waals surface area contributed by atoms with Gasteiger partial charge in [0.25, 0.3) is 5.91 Å². The van der Waals surface area contributed by atoms with Gasteiger partial charge in [0.2, 0.25) is 0 Å². The Labute approximate surface area is 141 Å². The summed E-state index contributed by atoms with van der Waals surface area (Å²) in [5.41, 5.74) is 0.662. The van der Waals surface area contributed by atoms with Crippen molar-refractivity contribution >= 4 is 23.2 Å². The molecule has 1 atom stereocenters. The molecule has 0 aliphatic rings. The van der Waals surface area contributed by atoms with Gasteiger partial charge in [-0.2, -0.15) is 0 Å². The molecule has 0 unspecified atom stereocenters. The average Bonchev–Trinajstić information content (AvgIpc) is 2.46. The Morgan fingerprint density at radius 3 is 2.30 bits per heavy atom. The number of anilines is 1. The molecule has 1 amide bonds. The maximum atomic E-state index is 12.2. The number of ether oxygens (including phenoxy) is 2. The smallest absolute Gasteiger partial charge is 0.265 e. The summed E-state index contributed by atoms with van der Waals surface area (Å²) in [5, 5.41) is 3.38. The van der Waals surface area contributed by atoms with Crippen LogP contribution in [0.2, 0.25) is 5.02 Å². The zero-order valence-electron chi connectivity index (χ0n) is 13.4. The van der Waals surface area contributed by atoms with Crippen molar-refractivity contribution in [2.24, 2.45) is 0 Å². The van der Waals surface area contributed by atoms with Gasteiger partial charge in [0.15, 0.2) is 6.10 Å². The molecule has 0 fully saturated rings. The van der Waals surface area contributed by atoms with Gasteiger partial charge in [-0.05, 0) is 51.1 Å². The largest absolute Gasteiger partial charge is 0.491 e. The Morgan fingerprint density at radius 2 is 1.65 bits per heavy atom. The number of nitrogens with one attached hydrogen (secondary N) is 1. The van der Waals surface area contributed by atoms with Crippen LogP contribution < -0.4 is 14.8 Å². The third-order valence-corrected chi connectivity index (χ3v) is 3.19. The van der Waals surface area contributed by atoms with E-state index in [2.05, 4.69) is 5.32 Å². The molecule has 23 heavy (non-hydrogen) atoms. The molecule has 2 aromatic rings. The minimum Gasteiger partial charge on any atom is -0.491 e. The van der Waals surface area contributed by atoms with E-state index >= 15 is 0 Å². The molecule has 1 N–H and O–H groups in total. The Hall–Kier alpha value is -2.20. The average molecular weight is 334 g/mol. The standard InChI is InChI=1S/C18H20ClNO3/c1-12(2)22-17-9-5-7-15(11-17)20-18(21)13(3)23-16-8-4-6-14(19)10-16/h4-13H,1-3H3,(H,20,21)/t13-/m1/s1. The number of carbonyl (C=O) groups is 1. The Bertz CT molecular complexity index is 673. The summed E-state index contributed by atoms with van der Waals surface area (Å²) in [4.78, 5) is 12.2. The van der Waals surface area contributed by atoms with Gasteiger partial charge in [-0.15, -0.1) is 0 Å². The molecule has 122 valence electrons. The highest BCUT2D eigenvalue weighted by molar-refractivity contribution is 6.30. The number of carbonyl (C=O) groups excluding carboxylic acids is 1. The first-order valence-electron chi connectivity index (χ1n) is 7.44. The van der Waals surface area contributed by atoms with Gasteiger partial charge in [-0.25, -0.2) is 0 Å². The van der Waals surface area contributed by atoms with Gasteiger partial charge in [0.1, 0.15) is 11.5 Å². The lowest BCUT2D eigenvalue weighted by atomic mass is 10.2. The van der Waals surface area contributed by atoms with E-state index in [0.717, 1.165) is 0 Å². The lowest BCUT2D eigenvalue weighted by molar-refractivity contribution is -0.122. The van der Waals surface area contributed by atoms with Crippen molar-refractivity contribution in [3.05, 3.63) is 53.6 Å². The van der Waals surface area contributed by atoms with E-state index in [4.69, 9.17) is 21.1 Å². The van der Waals surface area contributed by atoms with E-state index in [9.17, 15) is 4.79 Å². The van der Waals surface area contributed by atoms with E-state index in [1.807, 2.05) is 26.0 Å². The highest BCUT2D eigenvalue weighted by Crippen LogP contribution is 2.20. The number of hydrogen-bond acceptors (Lipinski definition) is 3. The monoisotopic (exact) mass is 333 g/mol. The van der Waals surface area contributed by atoms with Crippen LogP contribution in [0.4, 0.5) is 5.69 Å². The topological polar surface area (TPSA) is 47.6 Å². The number of hydrogen-bond donors (Lipinski definition) is 1. The number of rotatable bonds is 6. The van der Waals surface area contributed by atoms with Gasteiger partial charge < -0.3 is 14.8 Å². The quantitative estimate of drug-likeness (QED) is 0.844. The summed E-state index contributed by atoms with van der Waals surface area (Å²) in [5.74, 6) is 1.02. The first-order chi connectivity index (χ1) is 10.9. The number of benzene rings is 2. The minimum atomic E-state index is -0.650. The summed E-state index contributed by atoms with van der Waals surface area (Å²) >= 11 is 5.90. The van der Waals surface area contributed by atoms with Crippen LogP contribution in [0, 0.1) is 0 Å². The maximum absolute atomic E-state index is 12.2. The van der Waals surface area contributed by atoms with Crippen molar-refractivity contribution < 1.29 is 14.3 Å². The predicted molar refractivity (Wildman–Crippen MR) is 92.4 cm³/mol. The second-order valence-electron chi connectivity index (χ2n) is 5.40. The second kappa shape index (κ2) is 7.88. The molecule has 5 heteroatoms. The van der Waals surface area contributed by atoms with Crippen LogP contribution in [0.25, 0.3) is 0 Å². The Kier molecular flexibility index (Phi) is 5.88. The molecule has 0 radical (unpaired) electrons. The molecule has 0 aromatic heterocycles. The SMILES string of the molecule is CC(C)Oc1cccc(NC(=O)[C@@H](C)Oc2cccc(Cl)c2)c1. The van der Waals surface area contributed by atoms with Gasteiger partial charge in [0.05, 0.1) is 6.10 Å². The molecule has 0 aliphatic carbocycles. The van der Waals surface area contributed by atoms with Crippen molar-refractivity contribution in [2.45, 2.75) is 33.0 Å². The van der Waals surface area contributed by atoms with Crippen LogP contribution in [0.15, 0.2) is 48.5 Å². The molecule has 0 bridgehead atoms. The molecule has 2 rings (SSSR count). The van der Waals surface area contributed by atoms with Gasteiger partial charge in [0, 0.05) is 16.8 Å². The zero-order chi connectivity index (χ0) is 16.8. The van der Waals surface area contributed by atoms with Gasteiger partial charge in [-0.3, -0.25) is 4.79 Å². The van der Waals surface area contributed by atoms with Crippen LogP contribution in [0.1, 0.15) is 20.8 Å². The first kappa shape index (κ1) is 17.2. The highest BCUT2D eigenvalue weighted by atomic mass is 35.5. The first-order valence-corrected chi connectivity index (χ1v) is 7.81. The van der Waals surface area contributed by atoms with Crippen molar-refractivity contribution in [2.75, 3.05) is 5.32 Å². The van der Waals surface area contributed by atoms with Crippen LogP contribution in [-0.4, -0.2) is 18.1 Å². The van der Waals surface area contributed by atoms with Gasteiger partial charge >= 0.3 is 0 Å². The molecule has 0 spiro atoms. The van der Waals surface area contributed by atoms with E-state index in [0.29, 0.717) is 22.2 Å². The van der Waals surface area contributed by atoms with Crippen LogP contribution in [-0.2, 0) is 4.79 Å². The van der Waals surface area contributed by atoms with E-state index < -0.39 is 6.10 Å². The van der Waals surface area contributed by atoms with Crippen LogP contribution in [0.3, 0.4) is 0 Å². The molecule has 0 heterocycles. The van der Waals surface area contributed by atoms with Crippen molar-refractivity contribution in [3.8, 4) is 11.5 Å². The normalized spacial score (nSPS) is 11.9. The Balaban J connectivity index is 1.98. The van der Waals surface area contributed by atoms with Crippen molar-refractivity contribution in [1.82, 2.24) is 0 Å². The summed E-state index contributed by atoms with van der Waals surface area (Å²) in [7, 11) is 0. The van der Waals surface area contributed by atoms with Gasteiger partial charge in [-0.1, -0.05) is 23.7 Å². The molecule has 0 saturated heterocycles. The second-order valence-corrected chi connectivity index (χ2v) is 5.84. The van der Waals surface area contributed by atoms with E-state index in [-0.39, 0.29) is 12.0 Å². The molecule has 0 saturated carbocycles. The molecular formula is C18H20ClNO3. The molecule has 4 nitrogen and oxygen atoms in total. The summed E-state index contributed by atoms with van der Waals surface area (Å²) in [6.45, 7) is 5.59. The fraction of sp³-hybridized carbons (Fsp3) is 0.278. The maximum Gasteiger partial charge on any atom is 0.265 e. The number of amides is 1. The zero-order valence-corrected chi connectivity index (χ0v) is 14.1. The fourth-order valence-electron chi connectivity index (χ4n) is 1.96. The summed E-state index contributed by atoms with van der Waals surface area (Å²) in [6, 6.07) is 14.2. The minimum absolute atomic E-state index is 0.0750. The third-order valence-electron chi connectivity index (χ3n) is 2.95. The third kappa shape index (κ3) is 5.49. The molecule has 2 aromatic carbocycles. The lowest BCUT2D eigenvalue weighted by Gasteiger charge is -2.16. The van der Waals surface area contributed by atoms with Crippen LogP contribution >= 0.6 is 11.6 Å². The number of halogens is 1. The van der Waals surface area contributed by atoms with Crippen LogP contribution in [0.5, 0.6) is 11.5 Å². The molecule has 0 aliphatic heterocycles.